The Labute approximate surface area is 397 Å². The third kappa shape index (κ3) is 5.34. The van der Waals surface area contributed by atoms with Crippen molar-refractivity contribution in [1.82, 2.24) is 0 Å². The van der Waals surface area contributed by atoms with Gasteiger partial charge in [-0.15, -0.1) is 0 Å². The minimum absolute atomic E-state index is 0.105. The Morgan fingerprint density at radius 3 is 1.78 bits per heavy atom. The molecule has 0 saturated carbocycles. The molecule has 1 aliphatic heterocycles. The van der Waals surface area contributed by atoms with Crippen molar-refractivity contribution in [2.75, 3.05) is 9.80 Å². The first-order valence-corrected chi connectivity index (χ1v) is 23.8. The summed E-state index contributed by atoms with van der Waals surface area (Å²) < 4.78 is 0. The summed E-state index contributed by atoms with van der Waals surface area (Å²) in [5, 5.41) is 4.93. The average Bonchev–Trinajstić information content (AvgIpc) is 3.83. The van der Waals surface area contributed by atoms with Gasteiger partial charge in [-0.3, -0.25) is 0 Å². The molecule has 3 aliphatic rings. The number of anilines is 6. The Balaban J connectivity index is 0.955. The van der Waals surface area contributed by atoms with Gasteiger partial charge in [-0.2, -0.15) is 0 Å². The van der Waals surface area contributed by atoms with E-state index in [1.807, 2.05) is 0 Å². The van der Waals surface area contributed by atoms with Crippen molar-refractivity contribution in [3.8, 4) is 33.4 Å². The molecule has 320 valence electrons. The van der Waals surface area contributed by atoms with Gasteiger partial charge in [0.15, 0.2) is 0 Å². The van der Waals surface area contributed by atoms with Gasteiger partial charge in [0.25, 0.3) is 0 Å². The van der Waals surface area contributed by atoms with E-state index in [9.17, 15) is 0 Å². The van der Waals surface area contributed by atoms with Crippen molar-refractivity contribution in [3.63, 3.8) is 0 Å². The van der Waals surface area contributed by atoms with Gasteiger partial charge in [-0.25, -0.2) is 0 Å². The quantitative estimate of drug-likeness (QED) is 0.154. The molecule has 0 bridgehead atoms. The van der Waals surface area contributed by atoms with Crippen LogP contribution in [0.4, 0.5) is 34.1 Å². The fourth-order valence-electron chi connectivity index (χ4n) is 12.5. The summed E-state index contributed by atoms with van der Waals surface area (Å²) in [5.41, 5.74) is 22.0. The lowest BCUT2D eigenvalue weighted by molar-refractivity contribution is 0.660. The van der Waals surface area contributed by atoms with E-state index in [1.54, 1.807) is 0 Å². The second kappa shape index (κ2) is 14.5. The van der Waals surface area contributed by atoms with Crippen LogP contribution in [0.2, 0.25) is 0 Å². The molecule has 0 amide bonds. The summed E-state index contributed by atoms with van der Waals surface area (Å²) in [4.78, 5) is 4.90. The Hall–Kier alpha value is -8.46. The molecule has 0 spiro atoms. The Morgan fingerprint density at radius 1 is 0.353 bits per heavy atom. The second-order valence-electron chi connectivity index (χ2n) is 19.2. The molecular formula is C66H46N2. The lowest BCUT2D eigenvalue weighted by Gasteiger charge is -2.44. The van der Waals surface area contributed by atoms with E-state index in [2.05, 4.69) is 266 Å². The van der Waals surface area contributed by atoms with Gasteiger partial charge in [0.05, 0.1) is 16.8 Å². The smallest absolute Gasteiger partial charge is 0.0754 e. The molecule has 0 aromatic heterocycles. The normalized spacial score (nSPS) is 15.6. The van der Waals surface area contributed by atoms with E-state index in [-0.39, 0.29) is 5.41 Å². The summed E-state index contributed by atoms with van der Waals surface area (Å²) in [5.74, 6) is 0. The van der Waals surface area contributed by atoms with Crippen LogP contribution in [-0.2, 0) is 10.8 Å². The van der Waals surface area contributed by atoms with Crippen LogP contribution in [0, 0.1) is 0 Å². The van der Waals surface area contributed by atoms with E-state index in [4.69, 9.17) is 0 Å². The van der Waals surface area contributed by atoms with Crippen molar-refractivity contribution < 1.29 is 0 Å². The molecule has 2 aliphatic carbocycles. The minimum Gasteiger partial charge on any atom is -0.310 e. The van der Waals surface area contributed by atoms with Crippen LogP contribution < -0.4 is 9.80 Å². The number of fused-ring (bicyclic) bond motifs is 11. The van der Waals surface area contributed by atoms with Gasteiger partial charge >= 0.3 is 0 Å². The summed E-state index contributed by atoms with van der Waals surface area (Å²) in [7, 11) is 0. The lowest BCUT2D eigenvalue weighted by atomic mass is 9.64. The van der Waals surface area contributed by atoms with Crippen LogP contribution in [-0.4, -0.2) is 0 Å². The van der Waals surface area contributed by atoms with Gasteiger partial charge in [0.2, 0.25) is 0 Å². The summed E-state index contributed by atoms with van der Waals surface area (Å²) in [6.07, 6.45) is 0. The SMILES string of the molecule is CC1(C)c2ccccc2-c2ccc(N(c3ccccc3)c3ccc4cc(-c5ccc6c(c5)C5(c7ccccc7)c7ccccc7N(c7ccccc7)c7cccc-6c75)c5ccccc5c4c3)cc21. The van der Waals surface area contributed by atoms with Crippen LogP contribution in [0.1, 0.15) is 47.2 Å². The molecule has 0 radical (unpaired) electrons. The maximum atomic E-state index is 2.52. The van der Waals surface area contributed by atoms with E-state index >= 15 is 0 Å². The standard InChI is InChI=1S/C66H46N2/c1-65(2)58-29-15-14-27-52(58)53-38-36-49(42-60(53)65)67(46-21-8-4-9-22-46)48-35-33-43-39-56(50-25-12-13-26-51(50)57(43)41-48)44-34-37-54-55-28-18-32-63-64(55)66(61(54)40-44,45-19-6-3-7-20-45)59-30-16-17-31-62(59)68(63)47-23-10-5-11-24-47/h3-42H,1-2H3. The highest BCUT2D eigenvalue weighted by atomic mass is 15.2. The molecule has 0 N–H and O–H groups in total. The number of benzene rings is 11. The molecule has 1 heterocycles. The molecule has 1 unspecified atom stereocenters. The molecule has 14 rings (SSSR count). The molecule has 2 heteroatoms. The first-order valence-electron chi connectivity index (χ1n) is 23.8. The van der Waals surface area contributed by atoms with Crippen molar-refractivity contribution in [2.24, 2.45) is 0 Å². The first-order chi connectivity index (χ1) is 33.5. The number of hydrogen-bond donors (Lipinski definition) is 0. The third-order valence-electron chi connectivity index (χ3n) is 15.4. The summed E-state index contributed by atoms with van der Waals surface area (Å²) in [6.45, 7) is 4.72. The molecule has 1 atom stereocenters. The molecule has 11 aromatic carbocycles. The van der Waals surface area contributed by atoms with E-state index in [1.165, 1.54) is 99.7 Å². The summed E-state index contributed by atoms with van der Waals surface area (Å²) >= 11 is 0. The van der Waals surface area contributed by atoms with Gasteiger partial charge in [0.1, 0.15) is 0 Å². The zero-order chi connectivity index (χ0) is 45.1. The number of rotatable bonds is 6. The topological polar surface area (TPSA) is 6.48 Å². The Kier molecular flexibility index (Phi) is 8.28. The number of para-hydroxylation sites is 3. The third-order valence-corrected chi connectivity index (χ3v) is 15.4. The lowest BCUT2D eigenvalue weighted by Crippen LogP contribution is -2.35. The highest BCUT2D eigenvalue weighted by Gasteiger charge is 2.52. The van der Waals surface area contributed by atoms with Gasteiger partial charge in [0, 0.05) is 33.7 Å². The van der Waals surface area contributed by atoms with Crippen molar-refractivity contribution in [2.45, 2.75) is 24.7 Å². The number of nitrogens with zero attached hydrogens (tertiary/aromatic N) is 2. The van der Waals surface area contributed by atoms with Crippen LogP contribution in [0.3, 0.4) is 0 Å². The zero-order valence-corrected chi connectivity index (χ0v) is 38.0. The molecule has 0 saturated heterocycles. The fraction of sp³-hybridized carbons (Fsp3) is 0.0606. The minimum atomic E-state index is -0.529. The van der Waals surface area contributed by atoms with Crippen LogP contribution in [0.15, 0.2) is 243 Å². The second-order valence-corrected chi connectivity index (χ2v) is 19.2. The first kappa shape index (κ1) is 38.8. The molecular weight excluding hydrogens is 821 g/mol. The molecule has 11 aromatic rings. The van der Waals surface area contributed by atoms with E-state index in [0.717, 1.165) is 22.7 Å². The number of hydrogen-bond acceptors (Lipinski definition) is 2. The van der Waals surface area contributed by atoms with E-state index < -0.39 is 5.41 Å². The molecule has 0 fully saturated rings. The highest BCUT2D eigenvalue weighted by Crippen LogP contribution is 2.65. The van der Waals surface area contributed by atoms with Crippen molar-refractivity contribution in [3.05, 3.63) is 276 Å². The summed E-state index contributed by atoms with van der Waals surface area (Å²) in [6, 6.07) is 90.6. The fourth-order valence-corrected chi connectivity index (χ4v) is 12.5. The largest absolute Gasteiger partial charge is 0.310 e. The van der Waals surface area contributed by atoms with Gasteiger partial charge in [-0.1, -0.05) is 184 Å². The van der Waals surface area contributed by atoms with Crippen LogP contribution >= 0.6 is 0 Å². The predicted octanol–water partition coefficient (Wildman–Crippen LogP) is 17.6. The zero-order valence-electron chi connectivity index (χ0n) is 38.0. The van der Waals surface area contributed by atoms with Crippen LogP contribution in [0.5, 0.6) is 0 Å². The van der Waals surface area contributed by atoms with Gasteiger partial charge < -0.3 is 9.80 Å². The van der Waals surface area contributed by atoms with E-state index in [0.29, 0.717) is 0 Å². The average molecular weight is 867 g/mol. The Morgan fingerprint density at radius 2 is 0.956 bits per heavy atom. The van der Waals surface area contributed by atoms with Crippen molar-refractivity contribution in [1.29, 1.82) is 0 Å². The Bertz CT molecular complexity index is 3830. The monoisotopic (exact) mass is 866 g/mol. The maximum absolute atomic E-state index is 2.52. The predicted molar refractivity (Wildman–Crippen MR) is 285 cm³/mol. The molecule has 68 heavy (non-hydrogen) atoms. The molecule has 2 nitrogen and oxygen atoms in total. The van der Waals surface area contributed by atoms with Crippen LogP contribution in [0.25, 0.3) is 54.9 Å². The highest BCUT2D eigenvalue weighted by molar-refractivity contribution is 6.15. The maximum Gasteiger partial charge on any atom is 0.0754 e. The van der Waals surface area contributed by atoms with Gasteiger partial charge in [-0.05, 0) is 156 Å². The van der Waals surface area contributed by atoms with Crippen molar-refractivity contribution >= 4 is 55.7 Å².